The first-order valence-corrected chi connectivity index (χ1v) is 11.8. The Hall–Kier alpha value is -1.92. The van der Waals surface area contributed by atoms with Crippen molar-refractivity contribution in [1.82, 2.24) is 14.5 Å². The van der Waals surface area contributed by atoms with Gasteiger partial charge in [0.1, 0.15) is 0 Å². The average Bonchev–Trinajstić information content (AvgIpc) is 2.81. The molecule has 0 aromatic heterocycles. The van der Waals surface area contributed by atoms with Crippen LogP contribution in [0.1, 0.15) is 16.8 Å². The number of nitrogens with zero attached hydrogens (tertiary/aromatic N) is 2. The third-order valence-corrected chi connectivity index (χ3v) is 7.22. The molecule has 2 aliphatic rings. The van der Waals surface area contributed by atoms with E-state index in [0.29, 0.717) is 19.8 Å². The van der Waals surface area contributed by atoms with Crippen LogP contribution in [-0.4, -0.2) is 103 Å². The van der Waals surface area contributed by atoms with Gasteiger partial charge < -0.3 is 24.3 Å². The number of carbonyl (C=O) groups is 1. The number of morpholine rings is 2. The van der Waals surface area contributed by atoms with Gasteiger partial charge >= 0.3 is 0 Å². The van der Waals surface area contributed by atoms with Crippen LogP contribution in [-0.2, 0) is 19.5 Å². The Balaban J connectivity index is 1.74. The summed E-state index contributed by atoms with van der Waals surface area (Å²) >= 11 is 0. The number of ether oxygens (including phenoxy) is 4. The first kappa shape index (κ1) is 23.7. The van der Waals surface area contributed by atoms with Crippen LogP contribution < -0.4 is 14.8 Å². The van der Waals surface area contributed by atoms with Gasteiger partial charge in [-0.3, -0.25) is 9.69 Å². The number of nitrogens with one attached hydrogen (secondary N) is 1. The van der Waals surface area contributed by atoms with Crippen LogP contribution >= 0.6 is 0 Å². The van der Waals surface area contributed by atoms with Crippen molar-refractivity contribution < 1.29 is 32.2 Å². The Bertz CT molecular complexity index is 851. The molecule has 1 N–H and O–H groups in total. The quantitative estimate of drug-likeness (QED) is 0.524. The van der Waals surface area contributed by atoms with Gasteiger partial charge in [0, 0.05) is 38.8 Å². The van der Waals surface area contributed by atoms with Gasteiger partial charge in [0.25, 0.3) is 5.91 Å². The minimum absolute atomic E-state index is 0.00878. The highest BCUT2D eigenvalue weighted by atomic mass is 32.2. The van der Waals surface area contributed by atoms with Crippen LogP contribution in [0.25, 0.3) is 0 Å². The first-order valence-electron chi connectivity index (χ1n) is 10.4. The second-order valence-electron chi connectivity index (χ2n) is 7.29. The number of benzene rings is 1. The van der Waals surface area contributed by atoms with E-state index in [4.69, 9.17) is 18.9 Å². The first-order chi connectivity index (χ1) is 15.0. The van der Waals surface area contributed by atoms with Gasteiger partial charge in [0.15, 0.2) is 11.5 Å². The van der Waals surface area contributed by atoms with Gasteiger partial charge in [-0.1, -0.05) is 0 Å². The van der Waals surface area contributed by atoms with Gasteiger partial charge in [0.05, 0.1) is 51.1 Å². The molecule has 0 radical (unpaired) electrons. The second-order valence-corrected chi connectivity index (χ2v) is 9.22. The van der Waals surface area contributed by atoms with Crippen molar-refractivity contribution in [2.45, 2.75) is 11.3 Å². The molecule has 11 heteroatoms. The van der Waals surface area contributed by atoms with E-state index in [9.17, 15) is 13.2 Å². The van der Waals surface area contributed by atoms with E-state index in [1.165, 1.54) is 30.7 Å². The molecule has 0 spiro atoms. The van der Waals surface area contributed by atoms with Crippen molar-refractivity contribution in [3.8, 4) is 11.5 Å². The molecule has 1 aromatic carbocycles. The zero-order valence-corrected chi connectivity index (χ0v) is 18.9. The fourth-order valence-corrected chi connectivity index (χ4v) is 5.07. The summed E-state index contributed by atoms with van der Waals surface area (Å²) in [7, 11) is -0.966. The Morgan fingerprint density at radius 3 is 2.29 bits per heavy atom. The van der Waals surface area contributed by atoms with Crippen LogP contribution in [0.4, 0.5) is 0 Å². The summed E-state index contributed by atoms with van der Waals surface area (Å²) < 4.78 is 48.8. The lowest BCUT2D eigenvalue weighted by molar-refractivity contribution is 0.0374. The number of sulfonamides is 1. The van der Waals surface area contributed by atoms with E-state index in [2.05, 4.69) is 10.2 Å². The molecule has 174 valence electrons. The SMILES string of the molecule is COc1cc(S(=O)(=O)N2CCOCC2)cc(C(=O)NCCCN2CCOCC2)c1OC. The Morgan fingerprint density at radius 2 is 1.68 bits per heavy atom. The van der Waals surface area contributed by atoms with E-state index >= 15 is 0 Å². The van der Waals surface area contributed by atoms with Crippen molar-refractivity contribution in [1.29, 1.82) is 0 Å². The summed E-state index contributed by atoms with van der Waals surface area (Å²) in [5.74, 6) is -0.0134. The largest absolute Gasteiger partial charge is 0.493 e. The van der Waals surface area contributed by atoms with Gasteiger partial charge in [-0.05, 0) is 19.0 Å². The molecule has 31 heavy (non-hydrogen) atoms. The Labute approximate surface area is 183 Å². The zero-order chi connectivity index (χ0) is 22.3. The molecule has 0 aliphatic carbocycles. The summed E-state index contributed by atoms with van der Waals surface area (Å²) in [5.41, 5.74) is 0.125. The fraction of sp³-hybridized carbons (Fsp3) is 0.650. The van der Waals surface area contributed by atoms with Crippen molar-refractivity contribution in [3.05, 3.63) is 17.7 Å². The molecule has 2 heterocycles. The predicted octanol–water partition coefficient (Wildman–Crippen LogP) is 0.177. The molecule has 3 rings (SSSR count). The summed E-state index contributed by atoms with van der Waals surface area (Å²) in [5, 5.41) is 2.86. The number of rotatable bonds is 9. The molecule has 0 saturated carbocycles. The highest BCUT2D eigenvalue weighted by molar-refractivity contribution is 7.89. The average molecular weight is 458 g/mol. The monoisotopic (exact) mass is 457 g/mol. The molecule has 1 aromatic rings. The summed E-state index contributed by atoms with van der Waals surface area (Å²) in [6.07, 6.45) is 0.775. The molecule has 0 bridgehead atoms. The van der Waals surface area contributed by atoms with Crippen molar-refractivity contribution >= 4 is 15.9 Å². The third-order valence-electron chi connectivity index (χ3n) is 5.35. The lowest BCUT2D eigenvalue weighted by Gasteiger charge is -2.27. The summed E-state index contributed by atoms with van der Waals surface area (Å²) in [6, 6.07) is 2.74. The molecule has 0 atom stereocenters. The highest BCUT2D eigenvalue weighted by Crippen LogP contribution is 2.35. The summed E-state index contributed by atoms with van der Waals surface area (Å²) in [6.45, 7) is 5.76. The molecule has 2 saturated heterocycles. The number of carbonyl (C=O) groups excluding carboxylic acids is 1. The van der Waals surface area contributed by atoms with Crippen LogP contribution in [0.3, 0.4) is 0 Å². The topological polar surface area (TPSA) is 107 Å². The van der Waals surface area contributed by atoms with E-state index in [1.807, 2.05) is 0 Å². The zero-order valence-electron chi connectivity index (χ0n) is 18.1. The maximum atomic E-state index is 13.1. The molecular formula is C20H31N3O7S. The molecule has 2 fully saturated rings. The highest BCUT2D eigenvalue weighted by Gasteiger charge is 2.30. The minimum atomic E-state index is -3.80. The normalized spacial score (nSPS) is 18.5. The van der Waals surface area contributed by atoms with Gasteiger partial charge in [0.2, 0.25) is 10.0 Å². The van der Waals surface area contributed by atoms with Crippen LogP contribution in [0, 0.1) is 0 Å². The van der Waals surface area contributed by atoms with E-state index in [1.54, 1.807) is 0 Å². The van der Waals surface area contributed by atoms with Gasteiger partial charge in [-0.15, -0.1) is 0 Å². The lowest BCUT2D eigenvalue weighted by atomic mass is 10.1. The number of amides is 1. The van der Waals surface area contributed by atoms with Crippen molar-refractivity contribution in [2.24, 2.45) is 0 Å². The number of methoxy groups -OCH3 is 2. The number of hydrogen-bond donors (Lipinski definition) is 1. The molecule has 2 aliphatic heterocycles. The lowest BCUT2D eigenvalue weighted by Crippen LogP contribution is -2.40. The summed E-state index contributed by atoms with van der Waals surface area (Å²) in [4.78, 5) is 15.2. The van der Waals surface area contributed by atoms with Crippen LogP contribution in [0.2, 0.25) is 0 Å². The standard InChI is InChI=1S/C20H31N3O7S/c1-27-18-15-16(31(25,26)23-8-12-30-13-9-23)14-17(19(18)28-2)20(24)21-4-3-5-22-6-10-29-11-7-22/h14-15H,3-13H2,1-2H3,(H,21,24). The molecule has 1 amide bonds. The minimum Gasteiger partial charge on any atom is -0.493 e. The Kier molecular flexibility index (Phi) is 8.50. The molecule has 0 unspecified atom stereocenters. The van der Waals surface area contributed by atoms with Crippen molar-refractivity contribution in [2.75, 3.05) is 79.9 Å². The maximum absolute atomic E-state index is 13.1. The predicted molar refractivity (Wildman–Crippen MR) is 113 cm³/mol. The maximum Gasteiger partial charge on any atom is 0.255 e. The molecule has 10 nitrogen and oxygen atoms in total. The van der Waals surface area contributed by atoms with Gasteiger partial charge in [-0.2, -0.15) is 4.31 Å². The second kappa shape index (κ2) is 11.1. The van der Waals surface area contributed by atoms with Crippen LogP contribution in [0.15, 0.2) is 17.0 Å². The Morgan fingerprint density at radius 1 is 1.03 bits per heavy atom. The van der Waals surface area contributed by atoms with E-state index in [-0.39, 0.29) is 35.0 Å². The molecular weight excluding hydrogens is 426 g/mol. The smallest absolute Gasteiger partial charge is 0.255 e. The van der Waals surface area contributed by atoms with Crippen LogP contribution in [0.5, 0.6) is 11.5 Å². The third kappa shape index (κ3) is 5.86. The van der Waals surface area contributed by atoms with E-state index < -0.39 is 15.9 Å². The fourth-order valence-electron chi connectivity index (χ4n) is 3.62. The van der Waals surface area contributed by atoms with Crippen molar-refractivity contribution in [3.63, 3.8) is 0 Å². The van der Waals surface area contributed by atoms with Gasteiger partial charge in [-0.25, -0.2) is 8.42 Å². The number of hydrogen-bond acceptors (Lipinski definition) is 8. The van der Waals surface area contributed by atoms with E-state index in [0.717, 1.165) is 39.3 Å².